The minimum atomic E-state index is -1.42. The summed E-state index contributed by atoms with van der Waals surface area (Å²) in [5.41, 5.74) is 0.875. The van der Waals surface area contributed by atoms with Crippen LogP contribution in [0.4, 0.5) is 0 Å². The summed E-state index contributed by atoms with van der Waals surface area (Å²) >= 11 is 0. The number of quaternary nitrogens is 1. The lowest BCUT2D eigenvalue weighted by Crippen LogP contribution is -3.08. The van der Waals surface area contributed by atoms with Crippen molar-refractivity contribution in [2.24, 2.45) is 11.8 Å². The topological polar surface area (TPSA) is 186 Å². The van der Waals surface area contributed by atoms with E-state index in [0.717, 1.165) is 4.90 Å². The molecule has 13 heteroatoms. The predicted octanol–water partition coefficient (Wildman–Crippen LogP) is -1.98. The highest BCUT2D eigenvalue weighted by molar-refractivity contribution is 5.90. The van der Waals surface area contributed by atoms with Gasteiger partial charge in [-0.3, -0.25) is 0 Å². The average Bonchev–Trinajstić information content (AvgIpc) is 2.95. The lowest BCUT2D eigenvalue weighted by Gasteiger charge is -2.44. The number of aliphatic carboxylic acids is 1. The summed E-state index contributed by atoms with van der Waals surface area (Å²) in [4.78, 5) is 25.0. The molecule has 3 heterocycles. The van der Waals surface area contributed by atoms with E-state index in [1.807, 2.05) is 0 Å². The normalized spacial score (nSPS) is 34.4. The van der Waals surface area contributed by atoms with Crippen LogP contribution in [0.5, 0.6) is 0 Å². The molecule has 0 saturated carbocycles. The molecule has 0 aromatic carbocycles. The SMILES string of the molecule is C=C[C@H]1[C@H](O[C@@H]2O[C@H](CO)[C@@H](O)[C@H](O)[C@H]2OCC)OC=C(C(=O)OC)[C@H]1/C=C/C1=CC(C(=O)O)=C[NH+](CCO)C1. The Balaban J connectivity index is 1.91. The third-order valence-electron chi connectivity index (χ3n) is 6.89. The summed E-state index contributed by atoms with van der Waals surface area (Å²) in [6, 6.07) is 0. The van der Waals surface area contributed by atoms with Crippen LogP contribution >= 0.6 is 0 Å². The molecule has 13 nitrogen and oxygen atoms in total. The third kappa shape index (κ3) is 7.25. The van der Waals surface area contributed by atoms with Crippen LogP contribution < -0.4 is 4.90 Å². The molecule has 222 valence electrons. The van der Waals surface area contributed by atoms with Crippen molar-refractivity contribution in [2.45, 2.75) is 43.9 Å². The molecular weight excluding hydrogens is 530 g/mol. The van der Waals surface area contributed by atoms with Crippen LogP contribution in [0.15, 0.2) is 60.1 Å². The van der Waals surface area contributed by atoms with Gasteiger partial charge in [-0.15, -0.1) is 6.58 Å². The number of ether oxygens (including phenoxy) is 5. The van der Waals surface area contributed by atoms with Gasteiger partial charge in [0, 0.05) is 18.1 Å². The number of hydrogen-bond donors (Lipinski definition) is 6. The molecule has 3 aliphatic rings. The Hall–Kier alpha value is -2.88. The first kappa shape index (κ1) is 31.6. The van der Waals surface area contributed by atoms with Crippen LogP contribution in [0.1, 0.15) is 6.92 Å². The number of aliphatic hydroxyl groups is 4. The summed E-state index contributed by atoms with van der Waals surface area (Å²) in [7, 11) is 1.23. The number of carbonyl (C=O) groups is 2. The standard InChI is InChI=1S/C27H37NO12/c1-4-17-18(7-6-15-10-16(24(33)34)12-28(11-15)8-9-29)19(25(35)36-3)14-38-26(17)40-27-23(37-5-2)22(32)21(31)20(13-30)39-27/h4,6-7,10,12,14,17-18,20-23,26-27,29-32H,1,5,8-9,11,13H2,2-3H3,(H,33,34)/p+1/b7-6+/t17-,18+,20-,21-,22+,23-,26+,27+/m1/s1. The molecule has 0 aromatic heterocycles. The van der Waals surface area contributed by atoms with Crippen molar-refractivity contribution in [3.05, 3.63) is 60.1 Å². The summed E-state index contributed by atoms with van der Waals surface area (Å²) < 4.78 is 28.0. The molecule has 0 bridgehead atoms. The number of rotatable bonds is 12. The molecule has 40 heavy (non-hydrogen) atoms. The Labute approximate surface area is 231 Å². The van der Waals surface area contributed by atoms with Crippen LogP contribution in [0.2, 0.25) is 0 Å². The summed E-state index contributed by atoms with van der Waals surface area (Å²) in [5, 5.41) is 49.3. The van der Waals surface area contributed by atoms with Crippen LogP contribution in [0.3, 0.4) is 0 Å². The predicted molar refractivity (Wildman–Crippen MR) is 137 cm³/mol. The summed E-state index contributed by atoms with van der Waals surface area (Å²) in [6.45, 7) is 5.75. The minimum absolute atomic E-state index is 0.0714. The number of methoxy groups -OCH3 is 1. The van der Waals surface area contributed by atoms with Crippen LogP contribution in [-0.2, 0) is 33.3 Å². The number of carboxylic acid groups (broad SMARTS) is 1. The molecule has 0 aromatic rings. The van der Waals surface area contributed by atoms with E-state index in [4.69, 9.17) is 23.7 Å². The lowest BCUT2D eigenvalue weighted by molar-refractivity contribution is -0.842. The lowest BCUT2D eigenvalue weighted by atomic mass is 9.83. The molecule has 3 rings (SSSR count). The number of hydrogen-bond acceptors (Lipinski definition) is 11. The van der Waals surface area contributed by atoms with Gasteiger partial charge < -0.3 is 54.1 Å². The van der Waals surface area contributed by atoms with Crippen LogP contribution in [0.25, 0.3) is 0 Å². The second-order valence-corrected chi connectivity index (χ2v) is 9.46. The highest BCUT2D eigenvalue weighted by Gasteiger charge is 2.48. The van der Waals surface area contributed by atoms with Gasteiger partial charge in [-0.2, -0.15) is 0 Å². The fraction of sp³-hybridized carbons (Fsp3) is 0.556. The van der Waals surface area contributed by atoms with Gasteiger partial charge in [0.1, 0.15) is 49.3 Å². The van der Waals surface area contributed by atoms with Gasteiger partial charge in [-0.25, -0.2) is 9.59 Å². The maximum Gasteiger partial charge on any atom is 0.341 e. The molecule has 0 aliphatic carbocycles. The number of aliphatic hydroxyl groups excluding tert-OH is 4. The Morgan fingerprint density at radius 2 is 1.98 bits per heavy atom. The second-order valence-electron chi connectivity index (χ2n) is 9.46. The van der Waals surface area contributed by atoms with E-state index in [1.165, 1.54) is 31.7 Å². The minimum Gasteiger partial charge on any atom is -0.477 e. The fourth-order valence-corrected chi connectivity index (χ4v) is 4.86. The highest BCUT2D eigenvalue weighted by atomic mass is 16.8. The highest BCUT2D eigenvalue weighted by Crippen LogP contribution is 2.36. The number of nitrogens with one attached hydrogen (secondary N) is 1. The molecule has 1 saturated heterocycles. The second kappa shape index (κ2) is 14.7. The first-order valence-electron chi connectivity index (χ1n) is 12.9. The monoisotopic (exact) mass is 568 g/mol. The molecule has 3 aliphatic heterocycles. The van der Waals surface area contributed by atoms with Crippen LogP contribution in [0, 0.1) is 11.8 Å². The van der Waals surface area contributed by atoms with Gasteiger partial charge >= 0.3 is 11.9 Å². The largest absolute Gasteiger partial charge is 0.477 e. The van der Waals surface area contributed by atoms with Gasteiger partial charge in [-0.1, -0.05) is 18.2 Å². The third-order valence-corrected chi connectivity index (χ3v) is 6.89. The van der Waals surface area contributed by atoms with E-state index in [2.05, 4.69) is 6.58 Å². The maximum absolute atomic E-state index is 12.6. The van der Waals surface area contributed by atoms with Gasteiger partial charge in [0.25, 0.3) is 0 Å². The molecule has 0 amide bonds. The Morgan fingerprint density at radius 3 is 2.58 bits per heavy atom. The van der Waals surface area contributed by atoms with Gasteiger partial charge in [0.15, 0.2) is 6.29 Å². The Kier molecular flexibility index (Phi) is 11.6. The average molecular weight is 569 g/mol. The number of allylic oxidation sites excluding steroid dienone is 1. The van der Waals surface area contributed by atoms with E-state index in [0.29, 0.717) is 18.7 Å². The van der Waals surface area contributed by atoms with Gasteiger partial charge in [-0.05, 0) is 13.0 Å². The zero-order valence-corrected chi connectivity index (χ0v) is 22.4. The van der Waals surface area contributed by atoms with Gasteiger partial charge in [0.05, 0.1) is 38.1 Å². The molecule has 1 unspecified atom stereocenters. The molecule has 0 radical (unpaired) electrons. The van der Waals surface area contributed by atoms with E-state index >= 15 is 0 Å². The van der Waals surface area contributed by atoms with E-state index < -0.39 is 67.4 Å². The Bertz CT molecular complexity index is 1040. The smallest absolute Gasteiger partial charge is 0.341 e. The van der Waals surface area contributed by atoms with Crippen molar-refractivity contribution in [1.29, 1.82) is 0 Å². The number of carbonyl (C=O) groups excluding carboxylic acids is 1. The zero-order chi connectivity index (χ0) is 29.4. The van der Waals surface area contributed by atoms with Crippen molar-refractivity contribution in [1.82, 2.24) is 0 Å². The molecular formula is C27H38NO12+. The zero-order valence-electron chi connectivity index (χ0n) is 22.4. The first-order valence-corrected chi connectivity index (χ1v) is 12.9. The van der Waals surface area contributed by atoms with Crippen molar-refractivity contribution in [3.63, 3.8) is 0 Å². The fourth-order valence-electron chi connectivity index (χ4n) is 4.86. The van der Waals surface area contributed by atoms with E-state index in [9.17, 15) is 35.1 Å². The van der Waals surface area contributed by atoms with E-state index in [1.54, 1.807) is 19.1 Å². The quantitative estimate of drug-likeness (QED) is 0.113. The van der Waals surface area contributed by atoms with Crippen molar-refractivity contribution < 1.29 is 63.7 Å². The van der Waals surface area contributed by atoms with Crippen molar-refractivity contribution in [2.75, 3.05) is 40.0 Å². The number of carboxylic acids is 1. The van der Waals surface area contributed by atoms with E-state index in [-0.39, 0.29) is 24.4 Å². The van der Waals surface area contributed by atoms with Crippen molar-refractivity contribution in [3.8, 4) is 0 Å². The Morgan fingerprint density at radius 1 is 1.23 bits per heavy atom. The summed E-state index contributed by atoms with van der Waals surface area (Å²) in [6.07, 6.45) is 1.72. The molecule has 6 N–H and O–H groups in total. The maximum atomic E-state index is 12.6. The van der Waals surface area contributed by atoms with Gasteiger partial charge in [0.2, 0.25) is 6.29 Å². The number of esters is 1. The molecule has 0 spiro atoms. The molecule has 9 atom stereocenters. The summed E-state index contributed by atoms with van der Waals surface area (Å²) in [5.74, 6) is -3.15. The first-order chi connectivity index (χ1) is 19.2. The van der Waals surface area contributed by atoms with Crippen LogP contribution in [-0.4, -0.2) is 114 Å². The molecule has 1 fully saturated rings. The van der Waals surface area contributed by atoms with Crippen molar-refractivity contribution >= 4 is 11.9 Å².